The van der Waals surface area contributed by atoms with Gasteiger partial charge in [0.05, 0.1) is 26.5 Å². The van der Waals surface area contributed by atoms with Gasteiger partial charge in [-0.3, -0.25) is 9.89 Å². The maximum Gasteiger partial charge on any atom is 0.271 e. The van der Waals surface area contributed by atoms with Crippen LogP contribution in [0.5, 0.6) is 11.5 Å². The molecule has 0 spiro atoms. The molecule has 156 valence electrons. The van der Waals surface area contributed by atoms with Crippen LogP contribution in [0.2, 0.25) is 0 Å². The minimum Gasteiger partial charge on any atom is -0.497 e. The Morgan fingerprint density at radius 1 is 1.13 bits per heavy atom. The van der Waals surface area contributed by atoms with Gasteiger partial charge in [-0.2, -0.15) is 5.10 Å². The number of β-amino-alcohol motifs (C(OH)–C–C–N with tert-alkyl or cyclic N) is 1. The van der Waals surface area contributed by atoms with Crippen LogP contribution in [-0.4, -0.2) is 53.4 Å². The molecule has 1 aliphatic rings. The first kappa shape index (κ1) is 20.0. The van der Waals surface area contributed by atoms with Crippen molar-refractivity contribution in [1.29, 1.82) is 0 Å². The summed E-state index contributed by atoms with van der Waals surface area (Å²) in [5, 5.41) is 18.2. The Morgan fingerprint density at radius 2 is 1.90 bits per heavy atom. The monoisotopic (exact) mass is 407 g/mol. The zero-order valence-corrected chi connectivity index (χ0v) is 17.3. The van der Waals surface area contributed by atoms with E-state index in [-0.39, 0.29) is 12.5 Å². The average molecular weight is 407 g/mol. The highest BCUT2D eigenvalue weighted by Gasteiger charge is 2.40. The molecule has 1 aliphatic heterocycles. The highest BCUT2D eigenvalue weighted by atomic mass is 16.5. The lowest BCUT2D eigenvalue weighted by molar-refractivity contribution is 0.0415. The Morgan fingerprint density at radius 3 is 2.60 bits per heavy atom. The molecule has 1 fully saturated rings. The fraction of sp³-hybridized carbons (Fsp3) is 0.304. The number of methoxy groups -OCH3 is 2. The number of aromatic amines is 1. The van der Waals surface area contributed by atoms with E-state index in [2.05, 4.69) is 10.2 Å². The third kappa shape index (κ3) is 3.64. The molecule has 7 heteroatoms. The summed E-state index contributed by atoms with van der Waals surface area (Å²) in [5.74, 6) is 1.09. The second-order valence-corrected chi connectivity index (χ2v) is 7.61. The lowest BCUT2D eigenvalue weighted by Crippen LogP contribution is -2.34. The van der Waals surface area contributed by atoms with Crippen LogP contribution in [0.1, 0.15) is 28.0 Å². The number of rotatable bonds is 5. The van der Waals surface area contributed by atoms with Crippen molar-refractivity contribution in [2.75, 3.05) is 27.3 Å². The molecule has 2 N–H and O–H groups in total. The molecule has 1 amide bonds. The smallest absolute Gasteiger partial charge is 0.271 e. The van der Waals surface area contributed by atoms with Gasteiger partial charge in [0, 0.05) is 18.2 Å². The van der Waals surface area contributed by atoms with Gasteiger partial charge in [0.25, 0.3) is 5.91 Å². The van der Waals surface area contributed by atoms with Crippen LogP contribution < -0.4 is 9.47 Å². The molecular formula is C23H25N3O4. The number of amides is 1. The Bertz CT molecular complexity index is 1060. The van der Waals surface area contributed by atoms with Crippen molar-refractivity contribution in [3.63, 3.8) is 0 Å². The number of benzene rings is 2. The molecule has 0 aliphatic carbocycles. The summed E-state index contributed by atoms with van der Waals surface area (Å²) in [7, 11) is 3.17. The van der Waals surface area contributed by atoms with Gasteiger partial charge in [-0.05, 0) is 37.1 Å². The van der Waals surface area contributed by atoms with Gasteiger partial charge in [0.15, 0.2) is 0 Å². The molecule has 0 radical (unpaired) electrons. The molecule has 0 bridgehead atoms. The van der Waals surface area contributed by atoms with E-state index < -0.39 is 5.60 Å². The number of likely N-dealkylation sites (tertiary alicyclic amines) is 1. The molecule has 30 heavy (non-hydrogen) atoms. The minimum absolute atomic E-state index is 0.190. The van der Waals surface area contributed by atoms with Crippen molar-refractivity contribution in [3.05, 3.63) is 65.4 Å². The van der Waals surface area contributed by atoms with E-state index in [0.717, 1.165) is 16.7 Å². The molecule has 1 unspecified atom stereocenters. The lowest BCUT2D eigenvalue weighted by Gasteiger charge is -2.24. The lowest BCUT2D eigenvalue weighted by atomic mass is 9.92. The number of nitrogens with zero attached hydrogens (tertiary/aromatic N) is 2. The SMILES string of the molecule is COc1ccc(-c2cc(C(=O)N3CCC(O)(c4ccc(C)cc4)C3)[nH]n2)c(OC)c1. The van der Waals surface area contributed by atoms with E-state index in [0.29, 0.717) is 35.9 Å². The van der Waals surface area contributed by atoms with Crippen molar-refractivity contribution in [1.82, 2.24) is 15.1 Å². The van der Waals surface area contributed by atoms with Gasteiger partial charge >= 0.3 is 0 Å². The molecule has 1 aromatic heterocycles. The summed E-state index contributed by atoms with van der Waals surface area (Å²) in [6.07, 6.45) is 0.495. The van der Waals surface area contributed by atoms with Crippen LogP contribution in [-0.2, 0) is 5.60 Å². The number of ether oxygens (including phenoxy) is 2. The van der Waals surface area contributed by atoms with E-state index in [1.807, 2.05) is 43.3 Å². The summed E-state index contributed by atoms with van der Waals surface area (Å²) in [6.45, 7) is 2.73. The van der Waals surface area contributed by atoms with Crippen LogP contribution in [0.3, 0.4) is 0 Å². The standard InChI is InChI=1S/C23H25N3O4/c1-15-4-6-16(7-5-15)23(28)10-11-26(14-23)22(27)20-13-19(24-25-20)18-9-8-17(29-2)12-21(18)30-3/h4-9,12-13,28H,10-11,14H2,1-3H3,(H,24,25). The van der Waals surface area contributed by atoms with Crippen LogP contribution in [0.15, 0.2) is 48.5 Å². The second kappa shape index (κ2) is 7.84. The fourth-order valence-electron chi connectivity index (χ4n) is 3.82. The number of aryl methyl sites for hydroxylation is 1. The fourth-order valence-corrected chi connectivity index (χ4v) is 3.82. The van der Waals surface area contributed by atoms with Crippen molar-refractivity contribution in [3.8, 4) is 22.8 Å². The number of hydrogen-bond acceptors (Lipinski definition) is 5. The number of carbonyl (C=O) groups is 1. The molecule has 3 aromatic rings. The van der Waals surface area contributed by atoms with Crippen molar-refractivity contribution >= 4 is 5.91 Å². The van der Waals surface area contributed by atoms with E-state index in [1.165, 1.54) is 0 Å². The number of aliphatic hydroxyl groups is 1. The third-order valence-electron chi connectivity index (χ3n) is 5.62. The van der Waals surface area contributed by atoms with Gasteiger partial charge in [0.2, 0.25) is 0 Å². The number of H-pyrrole nitrogens is 1. The summed E-state index contributed by atoms with van der Waals surface area (Å²) < 4.78 is 10.7. The predicted octanol–water partition coefficient (Wildman–Crippen LogP) is 3.14. The zero-order valence-electron chi connectivity index (χ0n) is 17.3. The highest BCUT2D eigenvalue weighted by molar-refractivity contribution is 5.94. The van der Waals surface area contributed by atoms with Crippen LogP contribution in [0.4, 0.5) is 0 Å². The first-order chi connectivity index (χ1) is 14.4. The summed E-state index contributed by atoms with van der Waals surface area (Å²) in [5.41, 5.74) is 2.66. The molecule has 7 nitrogen and oxygen atoms in total. The maximum atomic E-state index is 13.0. The number of hydrogen-bond donors (Lipinski definition) is 2. The van der Waals surface area contributed by atoms with Crippen LogP contribution >= 0.6 is 0 Å². The topological polar surface area (TPSA) is 87.7 Å². The first-order valence-electron chi connectivity index (χ1n) is 9.80. The van der Waals surface area contributed by atoms with Gasteiger partial charge in [-0.25, -0.2) is 0 Å². The van der Waals surface area contributed by atoms with E-state index in [1.54, 1.807) is 31.3 Å². The summed E-state index contributed by atoms with van der Waals surface area (Å²) in [4.78, 5) is 14.7. The largest absolute Gasteiger partial charge is 0.497 e. The van der Waals surface area contributed by atoms with Gasteiger partial charge in [-0.15, -0.1) is 0 Å². The number of nitrogens with one attached hydrogen (secondary N) is 1. The van der Waals surface area contributed by atoms with Gasteiger partial charge in [0.1, 0.15) is 22.8 Å². The minimum atomic E-state index is -1.04. The summed E-state index contributed by atoms with van der Waals surface area (Å²) in [6, 6.07) is 14.9. The Balaban J connectivity index is 1.53. The Labute approximate surface area is 175 Å². The number of aromatic nitrogens is 2. The quantitative estimate of drug-likeness (QED) is 0.679. The Hall–Kier alpha value is -3.32. The van der Waals surface area contributed by atoms with Crippen LogP contribution in [0, 0.1) is 6.92 Å². The molecule has 0 saturated carbocycles. The highest BCUT2D eigenvalue weighted by Crippen LogP contribution is 2.34. The molecule has 1 atom stereocenters. The second-order valence-electron chi connectivity index (χ2n) is 7.61. The van der Waals surface area contributed by atoms with Crippen molar-refractivity contribution in [2.24, 2.45) is 0 Å². The van der Waals surface area contributed by atoms with E-state index in [4.69, 9.17) is 9.47 Å². The molecule has 2 heterocycles. The molecular weight excluding hydrogens is 382 g/mol. The molecule has 2 aromatic carbocycles. The normalized spacial score (nSPS) is 18.5. The van der Waals surface area contributed by atoms with Crippen molar-refractivity contribution in [2.45, 2.75) is 18.9 Å². The molecule has 4 rings (SSSR count). The van der Waals surface area contributed by atoms with Gasteiger partial charge in [-0.1, -0.05) is 29.8 Å². The van der Waals surface area contributed by atoms with Crippen LogP contribution in [0.25, 0.3) is 11.3 Å². The van der Waals surface area contributed by atoms with Gasteiger partial charge < -0.3 is 19.5 Å². The Kier molecular flexibility index (Phi) is 5.22. The first-order valence-corrected chi connectivity index (χ1v) is 9.80. The van der Waals surface area contributed by atoms with Crippen molar-refractivity contribution < 1.29 is 19.4 Å². The van der Waals surface area contributed by atoms with E-state index in [9.17, 15) is 9.90 Å². The number of carbonyl (C=O) groups excluding carboxylic acids is 1. The summed E-state index contributed by atoms with van der Waals surface area (Å²) >= 11 is 0. The van der Waals surface area contributed by atoms with E-state index >= 15 is 0 Å². The third-order valence-corrected chi connectivity index (χ3v) is 5.62. The maximum absolute atomic E-state index is 13.0. The average Bonchev–Trinajstić information content (AvgIpc) is 3.41. The predicted molar refractivity (Wildman–Crippen MR) is 113 cm³/mol. The zero-order chi connectivity index (χ0) is 21.3. The molecule has 1 saturated heterocycles.